The number of nitrogens with zero attached hydrogens (tertiary/aromatic N) is 3. The number of hydrogen-bond donors (Lipinski definition) is 1. The van der Waals surface area contributed by atoms with Crippen LogP contribution >= 0.6 is 0 Å². The van der Waals surface area contributed by atoms with Gasteiger partial charge in [0.25, 0.3) is 5.91 Å². The summed E-state index contributed by atoms with van der Waals surface area (Å²) in [5.74, 6) is 0.764. The number of benzene rings is 1. The molecule has 5 heteroatoms. The second kappa shape index (κ2) is 7.90. The zero-order valence-corrected chi connectivity index (χ0v) is 14.2. The molecule has 1 aliphatic rings. The molecule has 5 nitrogen and oxygen atoms in total. The number of anilines is 1. The molecule has 0 radical (unpaired) electrons. The maximum atomic E-state index is 12.1. The van der Waals surface area contributed by atoms with Crippen molar-refractivity contribution in [2.24, 2.45) is 0 Å². The molecule has 1 saturated heterocycles. The van der Waals surface area contributed by atoms with Crippen LogP contribution in [-0.2, 0) is 0 Å². The SMILES string of the molecule is CCCNC(=O)c1cccc(-c2cnc(N3CCCCC3)nc2)c1. The van der Waals surface area contributed by atoms with Gasteiger partial charge in [-0.25, -0.2) is 9.97 Å². The van der Waals surface area contributed by atoms with Crippen molar-refractivity contribution in [2.75, 3.05) is 24.5 Å². The molecule has 3 rings (SSSR count). The molecular formula is C19H24N4O. The van der Waals surface area contributed by atoms with Crippen molar-refractivity contribution < 1.29 is 4.79 Å². The fourth-order valence-corrected chi connectivity index (χ4v) is 2.91. The topological polar surface area (TPSA) is 58.1 Å². The number of amides is 1. The maximum Gasteiger partial charge on any atom is 0.251 e. The fourth-order valence-electron chi connectivity index (χ4n) is 2.91. The zero-order chi connectivity index (χ0) is 16.8. The van der Waals surface area contributed by atoms with Gasteiger partial charge in [0.2, 0.25) is 5.95 Å². The second-order valence-corrected chi connectivity index (χ2v) is 6.16. The lowest BCUT2D eigenvalue weighted by Crippen LogP contribution is -2.30. The van der Waals surface area contributed by atoms with Gasteiger partial charge in [-0.3, -0.25) is 4.79 Å². The Hall–Kier alpha value is -2.43. The molecule has 0 spiro atoms. The van der Waals surface area contributed by atoms with E-state index in [4.69, 9.17) is 0 Å². The van der Waals surface area contributed by atoms with E-state index in [-0.39, 0.29) is 5.91 Å². The molecular weight excluding hydrogens is 300 g/mol. The van der Waals surface area contributed by atoms with E-state index in [0.717, 1.165) is 36.6 Å². The summed E-state index contributed by atoms with van der Waals surface area (Å²) in [6.45, 7) is 4.80. The van der Waals surface area contributed by atoms with Gasteiger partial charge in [-0.2, -0.15) is 0 Å². The Labute approximate surface area is 143 Å². The summed E-state index contributed by atoms with van der Waals surface area (Å²) >= 11 is 0. The van der Waals surface area contributed by atoms with E-state index in [2.05, 4.69) is 20.2 Å². The summed E-state index contributed by atoms with van der Waals surface area (Å²) in [7, 11) is 0. The lowest BCUT2D eigenvalue weighted by molar-refractivity contribution is 0.0953. The first-order chi connectivity index (χ1) is 11.8. The van der Waals surface area contributed by atoms with Crippen molar-refractivity contribution in [1.82, 2.24) is 15.3 Å². The van der Waals surface area contributed by atoms with Gasteiger partial charge < -0.3 is 10.2 Å². The maximum absolute atomic E-state index is 12.1. The van der Waals surface area contributed by atoms with Crippen LogP contribution in [0.15, 0.2) is 36.7 Å². The molecule has 0 aliphatic carbocycles. The molecule has 0 bridgehead atoms. The average molecular weight is 324 g/mol. The third kappa shape index (κ3) is 3.91. The quantitative estimate of drug-likeness (QED) is 0.917. The average Bonchev–Trinajstić information content (AvgIpc) is 2.67. The summed E-state index contributed by atoms with van der Waals surface area (Å²) < 4.78 is 0. The van der Waals surface area contributed by atoms with Crippen LogP contribution < -0.4 is 10.2 Å². The Morgan fingerprint density at radius 3 is 2.58 bits per heavy atom. The lowest BCUT2D eigenvalue weighted by atomic mass is 10.1. The summed E-state index contributed by atoms with van der Waals surface area (Å²) in [6.07, 6.45) is 8.33. The van der Waals surface area contributed by atoms with Crippen LogP contribution in [0.25, 0.3) is 11.1 Å². The van der Waals surface area contributed by atoms with Crippen molar-refractivity contribution in [1.29, 1.82) is 0 Å². The third-order valence-corrected chi connectivity index (χ3v) is 4.27. The number of aromatic nitrogens is 2. The number of rotatable bonds is 5. The van der Waals surface area contributed by atoms with Crippen LogP contribution in [0.4, 0.5) is 5.95 Å². The van der Waals surface area contributed by atoms with E-state index >= 15 is 0 Å². The number of nitrogens with one attached hydrogen (secondary N) is 1. The molecule has 0 unspecified atom stereocenters. The zero-order valence-electron chi connectivity index (χ0n) is 14.2. The summed E-state index contributed by atoms with van der Waals surface area (Å²) in [4.78, 5) is 23.4. The fraction of sp³-hybridized carbons (Fsp3) is 0.421. The van der Waals surface area contributed by atoms with Crippen molar-refractivity contribution in [3.8, 4) is 11.1 Å². The van der Waals surface area contributed by atoms with Crippen molar-refractivity contribution >= 4 is 11.9 Å². The van der Waals surface area contributed by atoms with Gasteiger partial charge in [-0.15, -0.1) is 0 Å². The molecule has 0 atom stereocenters. The molecule has 2 heterocycles. The number of carbonyl (C=O) groups is 1. The molecule has 2 aromatic rings. The monoisotopic (exact) mass is 324 g/mol. The first kappa shape index (κ1) is 16.4. The largest absolute Gasteiger partial charge is 0.352 e. The molecule has 1 aliphatic heterocycles. The van der Waals surface area contributed by atoms with Gasteiger partial charge in [0, 0.05) is 43.2 Å². The van der Waals surface area contributed by atoms with E-state index in [1.165, 1.54) is 19.3 Å². The van der Waals surface area contributed by atoms with E-state index in [1.54, 1.807) is 0 Å². The van der Waals surface area contributed by atoms with E-state index < -0.39 is 0 Å². The smallest absolute Gasteiger partial charge is 0.251 e. The van der Waals surface area contributed by atoms with Crippen molar-refractivity contribution in [3.05, 3.63) is 42.2 Å². The summed E-state index contributed by atoms with van der Waals surface area (Å²) in [6, 6.07) is 7.60. The van der Waals surface area contributed by atoms with Gasteiger partial charge in [0.1, 0.15) is 0 Å². The first-order valence-corrected chi connectivity index (χ1v) is 8.73. The minimum absolute atomic E-state index is 0.0374. The molecule has 1 aromatic carbocycles. The predicted molar refractivity (Wildman–Crippen MR) is 96.2 cm³/mol. The molecule has 126 valence electrons. The molecule has 1 amide bonds. The Balaban J connectivity index is 1.75. The third-order valence-electron chi connectivity index (χ3n) is 4.27. The normalized spacial score (nSPS) is 14.5. The number of carbonyl (C=O) groups excluding carboxylic acids is 1. The van der Waals surface area contributed by atoms with E-state index in [0.29, 0.717) is 12.1 Å². The van der Waals surface area contributed by atoms with E-state index in [9.17, 15) is 4.79 Å². The molecule has 24 heavy (non-hydrogen) atoms. The van der Waals surface area contributed by atoms with E-state index in [1.807, 2.05) is 43.6 Å². The second-order valence-electron chi connectivity index (χ2n) is 6.16. The minimum Gasteiger partial charge on any atom is -0.352 e. The molecule has 1 N–H and O–H groups in total. The van der Waals surface area contributed by atoms with Crippen molar-refractivity contribution in [2.45, 2.75) is 32.6 Å². The first-order valence-electron chi connectivity index (χ1n) is 8.73. The summed E-state index contributed by atoms with van der Waals surface area (Å²) in [5, 5.41) is 2.90. The lowest BCUT2D eigenvalue weighted by Gasteiger charge is -2.26. The van der Waals surface area contributed by atoms with Gasteiger partial charge in [0.05, 0.1) is 0 Å². The highest BCUT2D eigenvalue weighted by Crippen LogP contribution is 2.21. The summed E-state index contributed by atoms with van der Waals surface area (Å²) in [5.41, 5.74) is 2.56. The van der Waals surface area contributed by atoms with Crippen LogP contribution in [0.1, 0.15) is 43.0 Å². The Morgan fingerprint density at radius 1 is 1.12 bits per heavy atom. The Bertz CT molecular complexity index is 678. The Morgan fingerprint density at radius 2 is 1.88 bits per heavy atom. The highest BCUT2D eigenvalue weighted by atomic mass is 16.1. The van der Waals surface area contributed by atoms with Crippen molar-refractivity contribution in [3.63, 3.8) is 0 Å². The van der Waals surface area contributed by atoms with Crippen LogP contribution in [0, 0.1) is 0 Å². The van der Waals surface area contributed by atoms with Crippen LogP contribution in [0.5, 0.6) is 0 Å². The minimum atomic E-state index is -0.0374. The van der Waals surface area contributed by atoms with Gasteiger partial charge in [0.15, 0.2) is 0 Å². The standard InChI is InChI=1S/C19H24N4O/c1-2-9-20-18(24)16-8-6-7-15(12-16)17-13-21-19(22-14-17)23-10-4-3-5-11-23/h6-8,12-14H,2-5,9-11H2,1H3,(H,20,24). The van der Waals surface area contributed by atoms with Gasteiger partial charge >= 0.3 is 0 Å². The highest BCUT2D eigenvalue weighted by molar-refractivity contribution is 5.95. The van der Waals surface area contributed by atoms with Crippen LogP contribution in [-0.4, -0.2) is 35.5 Å². The van der Waals surface area contributed by atoms with Crippen LogP contribution in [0.3, 0.4) is 0 Å². The molecule has 1 aromatic heterocycles. The predicted octanol–water partition coefficient (Wildman–Crippen LogP) is 3.27. The number of piperidine rings is 1. The Kier molecular flexibility index (Phi) is 5.41. The van der Waals surface area contributed by atoms with Gasteiger partial charge in [-0.05, 0) is 43.4 Å². The highest BCUT2D eigenvalue weighted by Gasteiger charge is 2.13. The number of hydrogen-bond acceptors (Lipinski definition) is 4. The molecule has 0 saturated carbocycles. The molecule has 1 fully saturated rings. The van der Waals surface area contributed by atoms with Crippen LogP contribution in [0.2, 0.25) is 0 Å². The van der Waals surface area contributed by atoms with Gasteiger partial charge in [-0.1, -0.05) is 19.1 Å².